The summed E-state index contributed by atoms with van der Waals surface area (Å²) in [7, 11) is 1.66. The summed E-state index contributed by atoms with van der Waals surface area (Å²) in [5.74, 6) is -0.683. The second-order valence-electron chi connectivity index (χ2n) is 8.74. The minimum absolute atomic E-state index is 0.00472. The lowest BCUT2D eigenvalue weighted by atomic mass is 9.73. The van der Waals surface area contributed by atoms with E-state index >= 15 is 0 Å². The Hall–Kier alpha value is -3.06. The van der Waals surface area contributed by atoms with Crippen molar-refractivity contribution in [1.82, 2.24) is 14.8 Å². The van der Waals surface area contributed by atoms with E-state index in [9.17, 15) is 14.4 Å². The minimum Gasteiger partial charge on any atom is -0.380 e. The van der Waals surface area contributed by atoms with Crippen molar-refractivity contribution in [1.29, 1.82) is 0 Å². The molecule has 2 aromatic rings. The van der Waals surface area contributed by atoms with Crippen LogP contribution in [-0.4, -0.2) is 58.8 Å². The molecule has 1 aromatic heterocycles. The van der Waals surface area contributed by atoms with Gasteiger partial charge in [0.05, 0.1) is 18.1 Å². The number of aryl methyl sites for hydroxylation is 1. The van der Waals surface area contributed by atoms with Crippen molar-refractivity contribution in [3.05, 3.63) is 65.5 Å². The fraction of sp³-hybridized carbons (Fsp3) is 0.440. The molecule has 2 saturated heterocycles. The van der Waals surface area contributed by atoms with Crippen LogP contribution in [0.5, 0.6) is 0 Å². The van der Waals surface area contributed by atoms with Crippen LogP contribution in [-0.2, 0) is 31.1 Å². The molecule has 0 aliphatic carbocycles. The van der Waals surface area contributed by atoms with Gasteiger partial charge in [-0.05, 0) is 42.5 Å². The molecule has 7 heteroatoms. The van der Waals surface area contributed by atoms with Crippen molar-refractivity contribution in [2.24, 2.45) is 0 Å². The molecule has 3 heterocycles. The van der Waals surface area contributed by atoms with Gasteiger partial charge in [-0.1, -0.05) is 30.3 Å². The maximum Gasteiger partial charge on any atom is 0.241 e. The normalized spacial score (nSPS) is 23.6. The number of piperidine rings is 1. The summed E-state index contributed by atoms with van der Waals surface area (Å²) < 4.78 is 5.46. The first kappa shape index (κ1) is 22.1. The highest BCUT2D eigenvalue weighted by Crippen LogP contribution is 2.42. The predicted molar refractivity (Wildman–Crippen MR) is 118 cm³/mol. The molecule has 3 amide bonds. The first-order valence-electron chi connectivity index (χ1n) is 11.0. The van der Waals surface area contributed by atoms with Gasteiger partial charge in [-0.3, -0.25) is 24.3 Å². The standard InChI is InChI=1S/C25H29N3O4/c1-18-7-3-4-10-21(18)25(13-22(29)27-12-6-9-20(17-27)32-2)14-23(30)28(24(25)31)16-19-8-5-11-26-15-19/h3-5,7-8,10-11,15,20H,6,9,12-14,16-17H2,1-2H3/t20-,25-/m0/s1. The first-order chi connectivity index (χ1) is 15.4. The van der Waals surface area contributed by atoms with Gasteiger partial charge in [0.2, 0.25) is 17.7 Å². The Morgan fingerprint density at radius 1 is 1.22 bits per heavy atom. The van der Waals surface area contributed by atoms with E-state index in [1.54, 1.807) is 30.5 Å². The molecule has 2 atom stereocenters. The molecule has 0 radical (unpaired) electrons. The number of likely N-dealkylation sites (tertiary alicyclic amines) is 2. The Kier molecular flexibility index (Phi) is 6.37. The number of hydrogen-bond donors (Lipinski definition) is 0. The number of ether oxygens (including phenoxy) is 1. The Balaban J connectivity index is 1.66. The van der Waals surface area contributed by atoms with Gasteiger partial charge in [0, 0.05) is 45.4 Å². The summed E-state index contributed by atoms with van der Waals surface area (Å²) in [6.07, 6.45) is 5.05. The monoisotopic (exact) mass is 435 g/mol. The number of amides is 3. The molecule has 168 valence electrons. The summed E-state index contributed by atoms with van der Waals surface area (Å²) in [4.78, 5) is 47.5. The summed E-state index contributed by atoms with van der Waals surface area (Å²) in [6, 6.07) is 11.2. The molecule has 1 aromatic carbocycles. The highest BCUT2D eigenvalue weighted by Gasteiger charge is 2.54. The molecule has 2 aliphatic rings. The predicted octanol–water partition coefficient (Wildman–Crippen LogP) is 2.61. The molecule has 2 aliphatic heterocycles. The number of carbonyl (C=O) groups excluding carboxylic acids is 3. The zero-order valence-corrected chi connectivity index (χ0v) is 18.6. The number of benzene rings is 1. The Morgan fingerprint density at radius 3 is 2.75 bits per heavy atom. The summed E-state index contributed by atoms with van der Waals surface area (Å²) in [5.41, 5.74) is 1.24. The molecule has 0 saturated carbocycles. The van der Waals surface area contributed by atoms with Gasteiger partial charge in [-0.2, -0.15) is 0 Å². The van der Waals surface area contributed by atoms with Crippen LogP contribution in [0.1, 0.15) is 42.4 Å². The summed E-state index contributed by atoms with van der Waals surface area (Å²) in [5, 5.41) is 0. The zero-order chi connectivity index (χ0) is 22.7. The van der Waals surface area contributed by atoms with Crippen LogP contribution in [0, 0.1) is 6.92 Å². The van der Waals surface area contributed by atoms with Crippen molar-refractivity contribution in [3.63, 3.8) is 0 Å². The minimum atomic E-state index is -1.19. The van der Waals surface area contributed by atoms with E-state index in [-0.39, 0.29) is 43.2 Å². The third-order valence-electron chi connectivity index (χ3n) is 6.65. The van der Waals surface area contributed by atoms with Gasteiger partial charge in [0.25, 0.3) is 0 Å². The zero-order valence-electron chi connectivity index (χ0n) is 18.6. The van der Waals surface area contributed by atoms with Crippen LogP contribution in [0.15, 0.2) is 48.8 Å². The highest BCUT2D eigenvalue weighted by molar-refractivity contribution is 6.10. The van der Waals surface area contributed by atoms with Crippen molar-refractivity contribution < 1.29 is 19.1 Å². The van der Waals surface area contributed by atoms with Crippen LogP contribution in [0.4, 0.5) is 0 Å². The Bertz CT molecular complexity index is 1010. The van der Waals surface area contributed by atoms with Crippen LogP contribution in [0.2, 0.25) is 0 Å². The maximum absolute atomic E-state index is 13.8. The number of rotatable bonds is 6. The number of hydrogen-bond acceptors (Lipinski definition) is 5. The molecule has 0 unspecified atom stereocenters. The third-order valence-corrected chi connectivity index (χ3v) is 6.65. The SMILES string of the molecule is CO[C@H]1CCCN(C(=O)C[C@@]2(c3ccccc3C)CC(=O)N(Cc3cccnc3)C2=O)C1. The van der Waals surface area contributed by atoms with E-state index in [0.29, 0.717) is 13.1 Å². The van der Waals surface area contributed by atoms with Crippen molar-refractivity contribution >= 4 is 17.7 Å². The molecule has 0 spiro atoms. The molecule has 4 rings (SSSR count). The first-order valence-corrected chi connectivity index (χ1v) is 11.0. The van der Waals surface area contributed by atoms with Gasteiger partial charge in [-0.15, -0.1) is 0 Å². The largest absolute Gasteiger partial charge is 0.380 e. The topological polar surface area (TPSA) is 79.8 Å². The molecular weight excluding hydrogens is 406 g/mol. The van der Waals surface area contributed by atoms with E-state index in [0.717, 1.165) is 29.5 Å². The highest BCUT2D eigenvalue weighted by atomic mass is 16.5. The number of pyridine rings is 1. The second-order valence-corrected chi connectivity index (χ2v) is 8.74. The molecule has 32 heavy (non-hydrogen) atoms. The molecule has 0 N–H and O–H groups in total. The Labute approximate surface area is 188 Å². The van der Waals surface area contributed by atoms with Crippen LogP contribution in [0.25, 0.3) is 0 Å². The maximum atomic E-state index is 13.8. The van der Waals surface area contributed by atoms with E-state index in [2.05, 4.69) is 4.98 Å². The fourth-order valence-corrected chi connectivity index (χ4v) is 4.92. The summed E-state index contributed by atoms with van der Waals surface area (Å²) in [6.45, 7) is 3.23. The van der Waals surface area contributed by atoms with E-state index in [1.165, 1.54) is 4.90 Å². The van der Waals surface area contributed by atoms with Gasteiger partial charge < -0.3 is 9.64 Å². The van der Waals surface area contributed by atoms with Crippen LogP contribution in [0.3, 0.4) is 0 Å². The number of nitrogens with zero attached hydrogens (tertiary/aromatic N) is 3. The van der Waals surface area contributed by atoms with Crippen molar-refractivity contribution in [2.45, 2.75) is 50.7 Å². The van der Waals surface area contributed by atoms with Crippen molar-refractivity contribution in [2.75, 3.05) is 20.2 Å². The molecule has 2 fully saturated rings. The van der Waals surface area contributed by atoms with Crippen molar-refractivity contribution in [3.8, 4) is 0 Å². The quantitative estimate of drug-likeness (QED) is 0.652. The Morgan fingerprint density at radius 2 is 2.03 bits per heavy atom. The molecule has 0 bridgehead atoms. The number of aromatic nitrogens is 1. The molecule has 7 nitrogen and oxygen atoms in total. The summed E-state index contributed by atoms with van der Waals surface area (Å²) >= 11 is 0. The second kappa shape index (κ2) is 9.20. The van der Waals surface area contributed by atoms with E-state index in [4.69, 9.17) is 4.74 Å². The van der Waals surface area contributed by atoms with Crippen LogP contribution < -0.4 is 0 Å². The van der Waals surface area contributed by atoms with Gasteiger partial charge in [0.15, 0.2) is 0 Å². The average Bonchev–Trinajstić information content (AvgIpc) is 3.04. The fourth-order valence-electron chi connectivity index (χ4n) is 4.92. The lowest BCUT2D eigenvalue weighted by Crippen LogP contribution is -2.47. The van der Waals surface area contributed by atoms with Gasteiger partial charge in [0.1, 0.15) is 0 Å². The number of carbonyl (C=O) groups is 3. The lowest BCUT2D eigenvalue weighted by Gasteiger charge is -2.35. The van der Waals surface area contributed by atoms with Gasteiger partial charge in [-0.25, -0.2) is 0 Å². The van der Waals surface area contributed by atoms with E-state index < -0.39 is 5.41 Å². The molecular formula is C25H29N3O4. The smallest absolute Gasteiger partial charge is 0.241 e. The number of imide groups is 1. The van der Waals surface area contributed by atoms with E-state index in [1.807, 2.05) is 37.3 Å². The van der Waals surface area contributed by atoms with Gasteiger partial charge >= 0.3 is 0 Å². The van der Waals surface area contributed by atoms with Crippen LogP contribution >= 0.6 is 0 Å². The average molecular weight is 436 g/mol. The number of methoxy groups -OCH3 is 1. The lowest BCUT2D eigenvalue weighted by molar-refractivity contribution is -0.144. The third kappa shape index (κ3) is 4.17.